The molecule has 21 heavy (non-hydrogen) atoms. The van der Waals surface area contributed by atoms with Gasteiger partial charge in [0.15, 0.2) is 0 Å². The second kappa shape index (κ2) is 6.16. The zero-order valence-corrected chi connectivity index (χ0v) is 13.9. The van der Waals surface area contributed by atoms with Gasteiger partial charge in [-0.2, -0.15) is 0 Å². The van der Waals surface area contributed by atoms with E-state index in [0.29, 0.717) is 0 Å². The zero-order valence-electron chi connectivity index (χ0n) is 12.3. The molecule has 0 atom stereocenters. The number of thiazole rings is 1. The minimum atomic E-state index is -0.816. The van der Waals surface area contributed by atoms with Crippen LogP contribution in [0.1, 0.15) is 35.0 Å². The fourth-order valence-electron chi connectivity index (χ4n) is 2.21. The summed E-state index contributed by atoms with van der Waals surface area (Å²) in [5.74, 6) is -0.816. The second-order valence-electron chi connectivity index (χ2n) is 5.79. The molecule has 0 saturated carbocycles. The van der Waals surface area contributed by atoms with Crippen LogP contribution in [0.15, 0.2) is 24.3 Å². The van der Waals surface area contributed by atoms with Crippen LogP contribution in [0.25, 0.3) is 0 Å². The van der Waals surface area contributed by atoms with E-state index in [1.165, 1.54) is 16.9 Å². The number of aromatic nitrogens is 1. The number of aryl methyl sites for hydroxylation is 1. The summed E-state index contributed by atoms with van der Waals surface area (Å²) in [7, 11) is 0. The van der Waals surface area contributed by atoms with Crippen molar-refractivity contribution in [1.29, 1.82) is 0 Å². The Morgan fingerprint density at radius 2 is 1.95 bits per heavy atom. The van der Waals surface area contributed by atoms with Crippen LogP contribution >= 0.6 is 22.9 Å². The van der Waals surface area contributed by atoms with E-state index in [-0.39, 0.29) is 11.8 Å². The van der Waals surface area contributed by atoms with Crippen molar-refractivity contribution in [1.82, 2.24) is 4.98 Å². The lowest BCUT2D eigenvalue weighted by molar-refractivity contribution is -0.136. The number of hydrogen-bond donors (Lipinski definition) is 1. The van der Waals surface area contributed by atoms with E-state index in [1.54, 1.807) is 0 Å². The van der Waals surface area contributed by atoms with E-state index >= 15 is 0 Å². The van der Waals surface area contributed by atoms with Crippen LogP contribution in [0.5, 0.6) is 0 Å². The van der Waals surface area contributed by atoms with Gasteiger partial charge in [-0.3, -0.25) is 4.79 Å². The Kier molecular flexibility index (Phi) is 4.69. The van der Waals surface area contributed by atoms with Crippen molar-refractivity contribution in [3.05, 3.63) is 50.4 Å². The highest BCUT2D eigenvalue weighted by atomic mass is 35.5. The molecular weight excluding hydrogens is 306 g/mol. The van der Waals surface area contributed by atoms with Crippen molar-refractivity contribution < 1.29 is 9.90 Å². The van der Waals surface area contributed by atoms with E-state index in [0.717, 1.165) is 27.0 Å². The monoisotopic (exact) mass is 323 g/mol. The van der Waals surface area contributed by atoms with Gasteiger partial charge in [0.25, 0.3) is 0 Å². The van der Waals surface area contributed by atoms with Crippen LogP contribution in [-0.4, -0.2) is 16.1 Å². The number of hydrogen-bond acceptors (Lipinski definition) is 3. The van der Waals surface area contributed by atoms with Crippen LogP contribution in [-0.2, 0) is 23.1 Å². The quantitative estimate of drug-likeness (QED) is 0.894. The average Bonchev–Trinajstić information content (AvgIpc) is 2.74. The lowest BCUT2D eigenvalue weighted by Gasteiger charge is -2.22. The highest BCUT2D eigenvalue weighted by molar-refractivity contribution is 7.12. The lowest BCUT2D eigenvalue weighted by Crippen LogP contribution is -2.20. The fraction of sp³-hybridized carbons (Fsp3) is 0.375. The maximum Gasteiger partial charge on any atom is 0.308 e. The Labute approximate surface area is 133 Å². The van der Waals surface area contributed by atoms with Crippen molar-refractivity contribution >= 4 is 28.9 Å². The third-order valence-corrected chi connectivity index (χ3v) is 5.12. The van der Waals surface area contributed by atoms with Gasteiger partial charge in [-0.05, 0) is 31.0 Å². The van der Waals surface area contributed by atoms with E-state index in [1.807, 2.05) is 31.2 Å². The van der Waals surface area contributed by atoms with Gasteiger partial charge in [-0.1, -0.05) is 37.6 Å². The molecule has 1 N–H and O–H groups in total. The fourth-order valence-corrected chi connectivity index (χ4v) is 3.49. The number of nitrogens with zero attached hydrogens (tertiary/aromatic N) is 1. The Morgan fingerprint density at radius 1 is 1.33 bits per heavy atom. The summed E-state index contributed by atoms with van der Waals surface area (Å²) in [5.41, 5.74) is 1.87. The maximum absolute atomic E-state index is 10.9. The number of aliphatic carboxylic acids is 1. The maximum atomic E-state index is 10.9. The minimum Gasteiger partial charge on any atom is -0.481 e. The number of benzene rings is 1. The van der Waals surface area contributed by atoms with E-state index in [2.05, 4.69) is 18.8 Å². The number of carbonyl (C=O) groups is 1. The molecule has 1 aromatic carbocycles. The molecule has 0 saturated heterocycles. The van der Waals surface area contributed by atoms with Crippen LogP contribution < -0.4 is 0 Å². The van der Waals surface area contributed by atoms with Gasteiger partial charge in [0.05, 0.1) is 17.1 Å². The van der Waals surface area contributed by atoms with Crippen molar-refractivity contribution in [2.24, 2.45) is 0 Å². The zero-order chi connectivity index (χ0) is 15.6. The number of rotatable bonds is 5. The summed E-state index contributed by atoms with van der Waals surface area (Å²) >= 11 is 7.41. The average molecular weight is 324 g/mol. The molecule has 0 amide bonds. The molecule has 112 valence electrons. The first-order valence-corrected chi connectivity index (χ1v) is 7.90. The highest BCUT2D eigenvalue weighted by Crippen LogP contribution is 2.33. The third kappa shape index (κ3) is 4.05. The Bertz CT molecular complexity index is 647. The van der Waals surface area contributed by atoms with E-state index in [4.69, 9.17) is 16.7 Å². The summed E-state index contributed by atoms with van der Waals surface area (Å²) < 4.78 is 0. The van der Waals surface area contributed by atoms with Crippen LogP contribution in [0.2, 0.25) is 5.02 Å². The number of carboxylic acid groups (broad SMARTS) is 1. The topological polar surface area (TPSA) is 50.2 Å². The molecule has 1 aromatic heterocycles. The predicted molar refractivity (Wildman–Crippen MR) is 86.4 cm³/mol. The normalized spacial score (nSPS) is 11.6. The van der Waals surface area contributed by atoms with Gasteiger partial charge in [0.1, 0.15) is 0 Å². The summed E-state index contributed by atoms with van der Waals surface area (Å²) in [6, 6.07) is 7.80. The van der Waals surface area contributed by atoms with Gasteiger partial charge >= 0.3 is 5.97 Å². The molecule has 0 aliphatic carbocycles. The van der Waals surface area contributed by atoms with Crippen molar-refractivity contribution in [2.45, 2.75) is 39.0 Å². The molecule has 0 aliphatic rings. The van der Waals surface area contributed by atoms with Gasteiger partial charge < -0.3 is 5.11 Å². The predicted octanol–water partition coefficient (Wildman–Crippen LogP) is 4.25. The van der Waals surface area contributed by atoms with Crippen molar-refractivity contribution in [2.75, 3.05) is 0 Å². The number of carboxylic acids is 1. The molecule has 0 fully saturated rings. The van der Waals surface area contributed by atoms with Crippen molar-refractivity contribution in [3.63, 3.8) is 0 Å². The van der Waals surface area contributed by atoms with Gasteiger partial charge in [0, 0.05) is 15.3 Å². The Balaban J connectivity index is 2.22. The summed E-state index contributed by atoms with van der Waals surface area (Å²) in [6.45, 7) is 6.13. The molecule has 0 spiro atoms. The second-order valence-corrected chi connectivity index (χ2v) is 7.31. The van der Waals surface area contributed by atoms with Gasteiger partial charge in [-0.25, -0.2) is 4.98 Å². The SMILES string of the molecule is Cc1nc(C(C)(C)Cc2ccc(Cl)cc2)sc1CC(=O)O. The molecular formula is C16H18ClNO2S. The molecule has 5 heteroatoms. The Hall–Kier alpha value is -1.39. The van der Waals surface area contributed by atoms with Gasteiger partial charge in [0.2, 0.25) is 0 Å². The minimum absolute atomic E-state index is 0.0422. The largest absolute Gasteiger partial charge is 0.481 e. The molecule has 2 rings (SSSR count). The molecule has 0 aliphatic heterocycles. The summed E-state index contributed by atoms with van der Waals surface area (Å²) in [6.07, 6.45) is 0.879. The van der Waals surface area contributed by atoms with E-state index < -0.39 is 5.97 Å². The molecule has 0 bridgehead atoms. The first kappa shape index (κ1) is 16.0. The van der Waals surface area contributed by atoms with Crippen molar-refractivity contribution in [3.8, 4) is 0 Å². The van der Waals surface area contributed by atoms with E-state index in [9.17, 15) is 4.79 Å². The van der Waals surface area contributed by atoms with Crippen LogP contribution in [0.4, 0.5) is 0 Å². The molecule has 0 unspecified atom stereocenters. The standard InChI is InChI=1S/C16H18ClNO2S/c1-10-13(8-14(19)20)21-15(18-10)16(2,3)9-11-4-6-12(17)7-5-11/h4-7H,8-9H2,1-3H3,(H,19,20). The first-order chi connectivity index (χ1) is 9.78. The first-order valence-electron chi connectivity index (χ1n) is 6.71. The smallest absolute Gasteiger partial charge is 0.308 e. The third-order valence-electron chi connectivity index (χ3n) is 3.34. The summed E-state index contributed by atoms with van der Waals surface area (Å²) in [5, 5.41) is 10.6. The van der Waals surface area contributed by atoms with Crippen LogP contribution in [0.3, 0.4) is 0 Å². The van der Waals surface area contributed by atoms with Crippen LogP contribution in [0, 0.1) is 6.92 Å². The number of halogens is 1. The molecule has 2 aromatic rings. The summed E-state index contributed by atoms with van der Waals surface area (Å²) in [4.78, 5) is 16.3. The molecule has 0 radical (unpaired) electrons. The Morgan fingerprint density at radius 3 is 2.52 bits per heavy atom. The molecule has 3 nitrogen and oxygen atoms in total. The highest BCUT2D eigenvalue weighted by Gasteiger charge is 2.26. The van der Waals surface area contributed by atoms with Gasteiger partial charge in [-0.15, -0.1) is 11.3 Å². The molecule has 1 heterocycles. The lowest BCUT2D eigenvalue weighted by atomic mass is 9.86.